The Balaban J connectivity index is 1.84. The van der Waals surface area contributed by atoms with Gasteiger partial charge in [0, 0.05) is 23.4 Å². The molecular weight excluding hydrogens is 368 g/mol. The summed E-state index contributed by atoms with van der Waals surface area (Å²) in [7, 11) is 0. The number of carbonyl (C=O) groups is 2. The van der Waals surface area contributed by atoms with Crippen LogP contribution >= 0.6 is 11.6 Å². The maximum atomic E-state index is 12.7. The number of anilines is 1. The predicted octanol–water partition coefficient (Wildman–Crippen LogP) is 4.02. The Hall–Kier alpha value is -2.73. The molecule has 27 heavy (non-hydrogen) atoms. The van der Waals surface area contributed by atoms with Crippen LogP contribution in [-0.2, 0) is 6.54 Å². The molecule has 7 heteroatoms. The zero-order chi connectivity index (χ0) is 19.4. The summed E-state index contributed by atoms with van der Waals surface area (Å²) < 4.78 is 11.2. The lowest BCUT2D eigenvalue weighted by molar-refractivity contribution is 0.0964. The lowest BCUT2D eigenvalue weighted by atomic mass is 10.1. The summed E-state index contributed by atoms with van der Waals surface area (Å²) in [6.45, 7) is 5.27. The third-order valence-corrected chi connectivity index (χ3v) is 4.35. The minimum absolute atomic E-state index is 0.139. The molecule has 0 atom stereocenters. The van der Waals surface area contributed by atoms with Crippen molar-refractivity contribution in [3.63, 3.8) is 0 Å². The molecule has 0 aliphatic carbocycles. The van der Waals surface area contributed by atoms with Crippen molar-refractivity contribution in [2.45, 2.75) is 26.8 Å². The SMILES string of the molecule is CCCOc1c(Cl)cc(C(=O)Nc2ccc3c(c2)C(=O)NC3)cc1OCC. The van der Waals surface area contributed by atoms with E-state index >= 15 is 0 Å². The Morgan fingerprint density at radius 2 is 2.04 bits per heavy atom. The number of hydrogen-bond acceptors (Lipinski definition) is 4. The van der Waals surface area contributed by atoms with Crippen LogP contribution < -0.4 is 20.1 Å². The zero-order valence-electron chi connectivity index (χ0n) is 15.2. The van der Waals surface area contributed by atoms with Crippen LogP contribution in [0.5, 0.6) is 11.5 Å². The van der Waals surface area contributed by atoms with E-state index in [4.69, 9.17) is 21.1 Å². The number of benzene rings is 2. The molecule has 0 saturated carbocycles. The van der Waals surface area contributed by atoms with Gasteiger partial charge in [-0.3, -0.25) is 9.59 Å². The van der Waals surface area contributed by atoms with Crippen molar-refractivity contribution >= 4 is 29.1 Å². The van der Waals surface area contributed by atoms with Crippen LogP contribution in [0.15, 0.2) is 30.3 Å². The summed E-state index contributed by atoms with van der Waals surface area (Å²) in [6.07, 6.45) is 0.829. The van der Waals surface area contributed by atoms with Gasteiger partial charge in [-0.2, -0.15) is 0 Å². The number of carbonyl (C=O) groups excluding carboxylic acids is 2. The second-order valence-corrected chi connectivity index (χ2v) is 6.48. The number of halogens is 1. The first kappa shape index (κ1) is 19.0. The second kappa shape index (κ2) is 8.31. The van der Waals surface area contributed by atoms with Gasteiger partial charge < -0.3 is 20.1 Å². The molecule has 2 aromatic carbocycles. The smallest absolute Gasteiger partial charge is 0.255 e. The van der Waals surface area contributed by atoms with E-state index in [-0.39, 0.29) is 11.8 Å². The van der Waals surface area contributed by atoms with Gasteiger partial charge >= 0.3 is 0 Å². The molecule has 1 aliphatic rings. The lowest BCUT2D eigenvalue weighted by Crippen LogP contribution is -2.14. The summed E-state index contributed by atoms with van der Waals surface area (Å²) >= 11 is 6.31. The molecule has 0 fully saturated rings. The van der Waals surface area contributed by atoms with Crippen LogP contribution in [0, 0.1) is 0 Å². The van der Waals surface area contributed by atoms with Crippen molar-refractivity contribution in [2.75, 3.05) is 18.5 Å². The normalized spacial score (nSPS) is 12.3. The van der Waals surface area contributed by atoms with Gasteiger partial charge in [0.05, 0.1) is 18.2 Å². The Kier molecular flexibility index (Phi) is 5.86. The molecule has 0 radical (unpaired) electrons. The van der Waals surface area contributed by atoms with E-state index in [1.54, 1.807) is 24.3 Å². The van der Waals surface area contributed by atoms with Gasteiger partial charge in [-0.25, -0.2) is 0 Å². The van der Waals surface area contributed by atoms with Gasteiger partial charge in [-0.05, 0) is 43.2 Å². The zero-order valence-corrected chi connectivity index (χ0v) is 16.0. The standard InChI is InChI=1S/C20H21ClN2O4/c1-3-7-27-18-16(21)8-13(9-17(18)26-4-2)19(24)23-14-6-5-12-11-22-20(25)15(12)10-14/h5-6,8-10H,3-4,7,11H2,1-2H3,(H,22,25)(H,23,24). The fourth-order valence-electron chi connectivity index (χ4n) is 2.80. The number of nitrogens with one attached hydrogen (secondary N) is 2. The molecular formula is C20H21ClN2O4. The van der Waals surface area contributed by atoms with Gasteiger partial charge in [0.1, 0.15) is 0 Å². The van der Waals surface area contributed by atoms with E-state index in [1.165, 1.54) is 0 Å². The molecule has 2 N–H and O–H groups in total. The minimum Gasteiger partial charge on any atom is -0.490 e. The van der Waals surface area contributed by atoms with E-state index in [9.17, 15) is 9.59 Å². The molecule has 1 heterocycles. The van der Waals surface area contributed by atoms with Crippen LogP contribution in [0.1, 0.15) is 46.5 Å². The first-order chi connectivity index (χ1) is 13.0. The van der Waals surface area contributed by atoms with Crippen molar-refractivity contribution in [1.82, 2.24) is 5.32 Å². The molecule has 0 bridgehead atoms. The Bertz CT molecular complexity index is 883. The quantitative estimate of drug-likeness (QED) is 0.751. The summed E-state index contributed by atoms with van der Waals surface area (Å²) in [6, 6.07) is 8.41. The highest BCUT2D eigenvalue weighted by Crippen LogP contribution is 2.37. The maximum Gasteiger partial charge on any atom is 0.255 e. The fourth-order valence-corrected chi connectivity index (χ4v) is 3.07. The Morgan fingerprint density at radius 3 is 2.78 bits per heavy atom. The summed E-state index contributed by atoms with van der Waals surface area (Å²) in [4.78, 5) is 24.4. The predicted molar refractivity (Wildman–Crippen MR) is 104 cm³/mol. The molecule has 0 saturated heterocycles. The number of amides is 2. The second-order valence-electron chi connectivity index (χ2n) is 6.08. The van der Waals surface area contributed by atoms with E-state index < -0.39 is 0 Å². The largest absolute Gasteiger partial charge is 0.490 e. The van der Waals surface area contributed by atoms with E-state index in [1.807, 2.05) is 19.9 Å². The molecule has 6 nitrogen and oxygen atoms in total. The third-order valence-electron chi connectivity index (χ3n) is 4.07. The Morgan fingerprint density at radius 1 is 1.22 bits per heavy atom. The van der Waals surface area contributed by atoms with Crippen molar-refractivity contribution in [2.24, 2.45) is 0 Å². The van der Waals surface area contributed by atoms with Crippen molar-refractivity contribution in [1.29, 1.82) is 0 Å². The van der Waals surface area contributed by atoms with Crippen LogP contribution in [0.2, 0.25) is 5.02 Å². The van der Waals surface area contributed by atoms with Crippen LogP contribution in [0.4, 0.5) is 5.69 Å². The van der Waals surface area contributed by atoms with Gasteiger partial charge in [-0.15, -0.1) is 0 Å². The van der Waals surface area contributed by atoms with Crippen molar-refractivity contribution < 1.29 is 19.1 Å². The van der Waals surface area contributed by atoms with Gasteiger partial charge in [0.2, 0.25) is 0 Å². The van der Waals surface area contributed by atoms with Crippen LogP contribution in [0.3, 0.4) is 0 Å². The minimum atomic E-state index is -0.349. The third kappa shape index (κ3) is 4.17. The van der Waals surface area contributed by atoms with Crippen molar-refractivity contribution in [3.05, 3.63) is 52.0 Å². The first-order valence-electron chi connectivity index (χ1n) is 8.85. The van der Waals surface area contributed by atoms with Crippen LogP contribution in [-0.4, -0.2) is 25.0 Å². The molecule has 142 valence electrons. The average molecular weight is 389 g/mol. The topological polar surface area (TPSA) is 76.7 Å². The van der Waals surface area contributed by atoms with E-state index in [0.29, 0.717) is 53.1 Å². The molecule has 0 unspecified atom stereocenters. The number of rotatable bonds is 7. The molecule has 0 spiro atoms. The highest BCUT2D eigenvalue weighted by Gasteiger charge is 2.20. The molecule has 0 aromatic heterocycles. The average Bonchev–Trinajstić information content (AvgIpc) is 3.01. The van der Waals surface area contributed by atoms with Gasteiger partial charge in [-0.1, -0.05) is 24.6 Å². The van der Waals surface area contributed by atoms with E-state index in [2.05, 4.69) is 10.6 Å². The summed E-state index contributed by atoms with van der Waals surface area (Å²) in [5, 5.41) is 5.86. The lowest BCUT2D eigenvalue weighted by Gasteiger charge is -2.15. The Labute approximate surface area is 162 Å². The summed E-state index contributed by atoms with van der Waals surface area (Å²) in [5.41, 5.74) is 2.37. The van der Waals surface area contributed by atoms with Gasteiger partial charge in [0.25, 0.3) is 11.8 Å². The maximum absolute atomic E-state index is 12.7. The highest BCUT2D eigenvalue weighted by molar-refractivity contribution is 6.32. The van der Waals surface area contributed by atoms with E-state index in [0.717, 1.165) is 12.0 Å². The molecule has 1 aliphatic heterocycles. The monoisotopic (exact) mass is 388 g/mol. The number of hydrogen-bond donors (Lipinski definition) is 2. The molecule has 2 aromatic rings. The molecule has 2 amide bonds. The first-order valence-corrected chi connectivity index (χ1v) is 9.22. The highest BCUT2D eigenvalue weighted by atomic mass is 35.5. The summed E-state index contributed by atoms with van der Waals surface area (Å²) in [5.74, 6) is 0.376. The fraction of sp³-hybridized carbons (Fsp3) is 0.300. The van der Waals surface area contributed by atoms with Crippen molar-refractivity contribution in [3.8, 4) is 11.5 Å². The number of ether oxygens (including phenoxy) is 2. The molecule has 3 rings (SSSR count). The van der Waals surface area contributed by atoms with Gasteiger partial charge in [0.15, 0.2) is 11.5 Å². The van der Waals surface area contributed by atoms with Crippen LogP contribution in [0.25, 0.3) is 0 Å². The number of fused-ring (bicyclic) bond motifs is 1.